The number of anilines is 1. The number of rotatable bonds is 5. The monoisotopic (exact) mass is 474 g/mol. The summed E-state index contributed by atoms with van der Waals surface area (Å²) in [6.45, 7) is 1.50. The zero-order valence-corrected chi connectivity index (χ0v) is 18.5. The van der Waals surface area contributed by atoms with E-state index in [1.807, 2.05) is 0 Å². The van der Waals surface area contributed by atoms with Crippen molar-refractivity contribution in [3.05, 3.63) is 89.0 Å². The molecular formula is C24H21ClF2N2O4. The number of fused-ring (bicyclic) bond motifs is 1. The normalized spacial score (nSPS) is 17.4. The van der Waals surface area contributed by atoms with E-state index >= 15 is 0 Å². The van der Waals surface area contributed by atoms with Crippen LogP contribution in [-0.2, 0) is 15.0 Å². The molecule has 0 saturated heterocycles. The zero-order chi connectivity index (χ0) is 23.0. The molecule has 0 radical (unpaired) electrons. The summed E-state index contributed by atoms with van der Waals surface area (Å²) in [5.41, 5.74) is 5.14. The number of nitrogens with two attached hydrogens (primary N) is 1. The molecule has 3 aromatic rings. The molecule has 0 aliphatic carbocycles. The first-order valence-corrected chi connectivity index (χ1v) is 9.81. The van der Waals surface area contributed by atoms with Gasteiger partial charge in [0.15, 0.2) is 11.6 Å². The van der Waals surface area contributed by atoms with Crippen molar-refractivity contribution in [2.75, 3.05) is 12.4 Å². The number of hydrogen-bond donors (Lipinski definition) is 2. The lowest BCUT2D eigenvalue weighted by atomic mass is 9.70. The van der Waals surface area contributed by atoms with Crippen molar-refractivity contribution in [3.63, 3.8) is 0 Å². The minimum Gasteiger partial charge on any atom is -0.497 e. The van der Waals surface area contributed by atoms with E-state index in [4.69, 9.17) is 15.2 Å². The highest BCUT2D eigenvalue weighted by molar-refractivity contribution is 6.11. The Kier molecular flexibility index (Phi) is 6.71. The van der Waals surface area contributed by atoms with Gasteiger partial charge in [-0.3, -0.25) is 4.79 Å². The standard InChI is InChI=1S/C24H20F2N2O4.ClH/c1-13(27)22(29)32-17-9-5-15(6-10-17)24(14-3-7-16(31-2)8-4-14)18-11-12-19(25)20(26)21(18)28-23(24)30;/h3-13H,27H2,1-2H3,(H,28,30);1H. The second kappa shape index (κ2) is 9.17. The molecule has 0 fully saturated rings. The highest BCUT2D eigenvalue weighted by atomic mass is 35.5. The molecule has 1 aliphatic heterocycles. The first-order chi connectivity index (χ1) is 15.3. The fraction of sp³-hybridized carbons (Fsp3) is 0.167. The first-order valence-electron chi connectivity index (χ1n) is 9.81. The van der Waals surface area contributed by atoms with E-state index in [-0.39, 0.29) is 29.4 Å². The van der Waals surface area contributed by atoms with Gasteiger partial charge < -0.3 is 20.5 Å². The second-order valence-electron chi connectivity index (χ2n) is 7.45. The van der Waals surface area contributed by atoms with Gasteiger partial charge in [0.05, 0.1) is 12.8 Å². The van der Waals surface area contributed by atoms with Crippen LogP contribution >= 0.6 is 12.4 Å². The smallest absolute Gasteiger partial charge is 0.328 e. The van der Waals surface area contributed by atoms with Gasteiger partial charge in [0.2, 0.25) is 5.91 Å². The van der Waals surface area contributed by atoms with Crippen LogP contribution in [0.25, 0.3) is 0 Å². The minimum absolute atomic E-state index is 0. The lowest BCUT2D eigenvalue weighted by Crippen LogP contribution is -2.37. The number of methoxy groups -OCH3 is 1. The quantitative estimate of drug-likeness (QED) is 0.432. The summed E-state index contributed by atoms with van der Waals surface area (Å²) in [6, 6.07) is 14.6. The third kappa shape index (κ3) is 3.92. The van der Waals surface area contributed by atoms with Crippen molar-refractivity contribution in [1.82, 2.24) is 0 Å². The van der Waals surface area contributed by atoms with Gasteiger partial charge in [0, 0.05) is 5.56 Å². The van der Waals surface area contributed by atoms with Crippen LogP contribution in [0.5, 0.6) is 11.5 Å². The van der Waals surface area contributed by atoms with Crippen LogP contribution in [0.3, 0.4) is 0 Å². The molecule has 3 N–H and O–H groups in total. The lowest BCUT2D eigenvalue weighted by molar-refractivity contribution is -0.135. The number of nitrogens with one attached hydrogen (secondary N) is 1. The zero-order valence-electron chi connectivity index (χ0n) is 17.7. The molecule has 1 aliphatic rings. The summed E-state index contributed by atoms with van der Waals surface area (Å²) in [7, 11) is 1.52. The van der Waals surface area contributed by atoms with E-state index in [1.54, 1.807) is 36.4 Å². The van der Waals surface area contributed by atoms with E-state index in [2.05, 4.69) is 5.32 Å². The van der Waals surface area contributed by atoms with Crippen LogP contribution in [0, 0.1) is 11.6 Å². The Morgan fingerprint density at radius 3 is 2.03 bits per heavy atom. The Bertz CT molecular complexity index is 1200. The van der Waals surface area contributed by atoms with E-state index in [1.165, 1.54) is 32.2 Å². The summed E-state index contributed by atoms with van der Waals surface area (Å²) in [4.78, 5) is 25.2. The van der Waals surface area contributed by atoms with E-state index < -0.39 is 35.0 Å². The number of carbonyl (C=O) groups excluding carboxylic acids is 2. The Morgan fingerprint density at radius 1 is 0.970 bits per heavy atom. The largest absolute Gasteiger partial charge is 0.497 e. The van der Waals surface area contributed by atoms with Gasteiger partial charge in [-0.25, -0.2) is 13.6 Å². The van der Waals surface area contributed by atoms with Gasteiger partial charge in [-0.05, 0) is 48.4 Å². The van der Waals surface area contributed by atoms with Crippen LogP contribution in [0.1, 0.15) is 23.6 Å². The molecule has 0 bridgehead atoms. The number of ether oxygens (including phenoxy) is 2. The van der Waals surface area contributed by atoms with Crippen molar-refractivity contribution in [2.24, 2.45) is 5.73 Å². The van der Waals surface area contributed by atoms with Crippen molar-refractivity contribution >= 4 is 30.0 Å². The Hall–Kier alpha value is -3.49. The Labute approximate surface area is 195 Å². The summed E-state index contributed by atoms with van der Waals surface area (Å²) in [6.07, 6.45) is 0. The maximum atomic E-state index is 14.6. The highest BCUT2D eigenvalue weighted by Gasteiger charge is 2.51. The minimum atomic E-state index is -1.46. The number of esters is 1. The SMILES string of the molecule is COc1ccc(C2(c3ccc(OC(=O)C(C)N)cc3)C(=O)Nc3c2ccc(F)c3F)cc1.Cl. The lowest BCUT2D eigenvalue weighted by Gasteiger charge is -2.29. The van der Waals surface area contributed by atoms with E-state index in [0.29, 0.717) is 16.9 Å². The molecule has 2 unspecified atom stereocenters. The van der Waals surface area contributed by atoms with Gasteiger partial charge in [-0.15, -0.1) is 12.4 Å². The van der Waals surface area contributed by atoms with Gasteiger partial charge in [-0.2, -0.15) is 0 Å². The fourth-order valence-corrected chi connectivity index (χ4v) is 3.88. The third-order valence-corrected chi connectivity index (χ3v) is 5.48. The fourth-order valence-electron chi connectivity index (χ4n) is 3.88. The summed E-state index contributed by atoms with van der Waals surface area (Å²) in [5, 5.41) is 2.50. The second-order valence-corrected chi connectivity index (χ2v) is 7.45. The maximum absolute atomic E-state index is 14.6. The Balaban J connectivity index is 0.00000306. The molecule has 1 heterocycles. The molecule has 172 valence electrons. The highest BCUT2D eigenvalue weighted by Crippen LogP contribution is 2.49. The maximum Gasteiger partial charge on any atom is 0.328 e. The van der Waals surface area contributed by atoms with Gasteiger partial charge in [0.25, 0.3) is 0 Å². The van der Waals surface area contributed by atoms with Crippen molar-refractivity contribution < 1.29 is 27.8 Å². The van der Waals surface area contributed by atoms with Crippen LogP contribution in [0.4, 0.5) is 14.5 Å². The van der Waals surface area contributed by atoms with Crippen LogP contribution in [0.2, 0.25) is 0 Å². The summed E-state index contributed by atoms with van der Waals surface area (Å²) < 4.78 is 38.9. The van der Waals surface area contributed by atoms with E-state index in [0.717, 1.165) is 6.07 Å². The molecular weight excluding hydrogens is 454 g/mol. The predicted molar refractivity (Wildman–Crippen MR) is 121 cm³/mol. The summed E-state index contributed by atoms with van der Waals surface area (Å²) >= 11 is 0. The van der Waals surface area contributed by atoms with Crippen molar-refractivity contribution in [1.29, 1.82) is 0 Å². The summed E-state index contributed by atoms with van der Waals surface area (Å²) in [5.74, 6) is -2.52. The van der Waals surface area contributed by atoms with Gasteiger partial charge in [0.1, 0.15) is 23.0 Å². The molecule has 0 saturated carbocycles. The number of benzene rings is 3. The molecule has 4 rings (SSSR count). The molecule has 0 aromatic heterocycles. The van der Waals surface area contributed by atoms with E-state index in [9.17, 15) is 18.4 Å². The number of carbonyl (C=O) groups is 2. The van der Waals surface area contributed by atoms with Crippen LogP contribution in [0.15, 0.2) is 60.7 Å². The number of halogens is 3. The van der Waals surface area contributed by atoms with Gasteiger partial charge >= 0.3 is 5.97 Å². The molecule has 33 heavy (non-hydrogen) atoms. The average Bonchev–Trinajstić information content (AvgIpc) is 3.10. The van der Waals surface area contributed by atoms with Crippen molar-refractivity contribution in [2.45, 2.75) is 18.4 Å². The topological polar surface area (TPSA) is 90.7 Å². The number of hydrogen-bond acceptors (Lipinski definition) is 5. The first kappa shape index (κ1) is 24.2. The van der Waals surface area contributed by atoms with Crippen LogP contribution < -0.4 is 20.5 Å². The molecule has 9 heteroatoms. The Morgan fingerprint density at radius 2 is 1.52 bits per heavy atom. The molecule has 1 amide bonds. The molecule has 2 atom stereocenters. The van der Waals surface area contributed by atoms with Crippen molar-refractivity contribution in [3.8, 4) is 11.5 Å². The van der Waals surface area contributed by atoms with Crippen LogP contribution in [-0.4, -0.2) is 25.0 Å². The third-order valence-electron chi connectivity index (χ3n) is 5.48. The predicted octanol–water partition coefficient (Wildman–Crippen LogP) is 3.93. The molecule has 3 aromatic carbocycles. The number of amides is 1. The molecule has 6 nitrogen and oxygen atoms in total. The van der Waals surface area contributed by atoms with Gasteiger partial charge in [-0.1, -0.05) is 30.3 Å². The molecule has 0 spiro atoms. The average molecular weight is 475 g/mol.